The van der Waals surface area contributed by atoms with Gasteiger partial charge in [-0.3, -0.25) is 9.59 Å². The molecule has 0 atom stereocenters. The van der Waals surface area contributed by atoms with E-state index in [1.807, 2.05) is 65.0 Å². The summed E-state index contributed by atoms with van der Waals surface area (Å²) in [4.78, 5) is 25.1. The highest BCUT2D eigenvalue weighted by atomic mass is 16.2. The Morgan fingerprint density at radius 3 is 2.27 bits per heavy atom. The molecule has 3 aromatic rings. The number of nitrogen functional groups attached to an aromatic ring is 1. The average Bonchev–Trinajstić information content (AvgIpc) is 3.01. The summed E-state index contributed by atoms with van der Waals surface area (Å²) >= 11 is 0. The van der Waals surface area contributed by atoms with Gasteiger partial charge in [0, 0.05) is 11.4 Å². The van der Waals surface area contributed by atoms with Gasteiger partial charge in [-0.25, -0.2) is 4.68 Å². The fourth-order valence-electron chi connectivity index (χ4n) is 3.34. The van der Waals surface area contributed by atoms with Crippen LogP contribution in [0.15, 0.2) is 30.3 Å². The van der Waals surface area contributed by atoms with Crippen LogP contribution in [-0.4, -0.2) is 26.8 Å². The minimum atomic E-state index is -0.474. The van der Waals surface area contributed by atoms with Crippen molar-refractivity contribution in [2.24, 2.45) is 0 Å². The highest BCUT2D eigenvalue weighted by molar-refractivity contribution is 6.06. The lowest BCUT2D eigenvalue weighted by Crippen LogP contribution is -2.22. The summed E-state index contributed by atoms with van der Waals surface area (Å²) < 4.78 is 1.21. The van der Waals surface area contributed by atoms with Gasteiger partial charge in [-0.05, 0) is 62.9 Å². The van der Waals surface area contributed by atoms with E-state index in [2.05, 4.69) is 20.9 Å². The van der Waals surface area contributed by atoms with E-state index in [1.165, 1.54) is 4.68 Å². The largest absolute Gasteiger partial charge is 0.382 e. The van der Waals surface area contributed by atoms with Crippen LogP contribution in [0.25, 0.3) is 0 Å². The maximum Gasteiger partial charge on any atom is 0.280 e. The molecule has 0 saturated heterocycles. The fourth-order valence-corrected chi connectivity index (χ4v) is 3.34. The summed E-state index contributed by atoms with van der Waals surface area (Å²) in [6.45, 7) is 9.57. The molecule has 1 aromatic heterocycles. The Hall–Kier alpha value is -3.68. The first kappa shape index (κ1) is 21.0. The monoisotopic (exact) mass is 406 g/mol. The maximum absolute atomic E-state index is 12.6. The van der Waals surface area contributed by atoms with Crippen molar-refractivity contribution < 1.29 is 9.59 Å². The van der Waals surface area contributed by atoms with E-state index in [0.717, 1.165) is 33.5 Å². The number of rotatable bonds is 5. The molecule has 0 aliphatic heterocycles. The quantitative estimate of drug-likeness (QED) is 0.601. The predicted octanol–water partition coefficient (Wildman–Crippen LogP) is 3.29. The predicted molar refractivity (Wildman–Crippen MR) is 118 cm³/mol. The Kier molecular flexibility index (Phi) is 5.86. The topological polar surface area (TPSA) is 115 Å². The van der Waals surface area contributed by atoms with E-state index in [-0.39, 0.29) is 24.0 Å². The summed E-state index contributed by atoms with van der Waals surface area (Å²) in [5, 5.41) is 13.4. The maximum atomic E-state index is 12.6. The van der Waals surface area contributed by atoms with Crippen LogP contribution in [0.2, 0.25) is 0 Å². The second kappa shape index (κ2) is 8.36. The van der Waals surface area contributed by atoms with Crippen LogP contribution in [0.1, 0.15) is 38.3 Å². The lowest BCUT2D eigenvalue weighted by molar-refractivity contribution is -0.116. The molecule has 3 rings (SSSR count). The Bertz CT molecular complexity index is 1110. The smallest absolute Gasteiger partial charge is 0.280 e. The van der Waals surface area contributed by atoms with Gasteiger partial charge in [-0.15, -0.1) is 5.10 Å². The number of aryl methyl sites for hydroxylation is 5. The van der Waals surface area contributed by atoms with Gasteiger partial charge in [0.15, 0.2) is 11.5 Å². The van der Waals surface area contributed by atoms with E-state index >= 15 is 0 Å². The van der Waals surface area contributed by atoms with Crippen molar-refractivity contribution in [1.82, 2.24) is 15.0 Å². The normalized spacial score (nSPS) is 10.7. The van der Waals surface area contributed by atoms with Crippen LogP contribution < -0.4 is 16.4 Å². The first-order valence-corrected chi connectivity index (χ1v) is 9.61. The third-order valence-corrected chi connectivity index (χ3v) is 4.86. The van der Waals surface area contributed by atoms with Crippen molar-refractivity contribution in [3.8, 4) is 0 Å². The van der Waals surface area contributed by atoms with Crippen LogP contribution in [0.5, 0.6) is 0 Å². The first-order chi connectivity index (χ1) is 14.2. The fraction of sp³-hybridized carbons (Fsp3) is 0.273. The number of carbonyl (C=O) groups is 2. The molecule has 0 fully saturated rings. The summed E-state index contributed by atoms with van der Waals surface area (Å²) in [5.41, 5.74) is 12.5. The van der Waals surface area contributed by atoms with Crippen LogP contribution in [-0.2, 0) is 11.3 Å². The van der Waals surface area contributed by atoms with Gasteiger partial charge in [-0.1, -0.05) is 35.0 Å². The van der Waals surface area contributed by atoms with Crippen LogP contribution in [0, 0.1) is 34.6 Å². The molecular formula is C22H26N6O2. The van der Waals surface area contributed by atoms with E-state index in [0.29, 0.717) is 5.69 Å². The van der Waals surface area contributed by atoms with Crippen molar-refractivity contribution in [1.29, 1.82) is 0 Å². The molecule has 0 bridgehead atoms. The Balaban J connectivity index is 1.73. The number of amides is 2. The molecule has 0 spiro atoms. The van der Waals surface area contributed by atoms with Crippen LogP contribution in [0.4, 0.5) is 17.2 Å². The van der Waals surface area contributed by atoms with Crippen LogP contribution in [0.3, 0.4) is 0 Å². The molecule has 0 radical (unpaired) electrons. The van der Waals surface area contributed by atoms with Gasteiger partial charge in [0.2, 0.25) is 5.91 Å². The Labute approximate surface area is 175 Å². The average molecular weight is 406 g/mol. The second-order valence-electron chi connectivity index (χ2n) is 7.58. The molecule has 2 amide bonds. The lowest BCUT2D eigenvalue weighted by atomic mass is 10.1. The molecule has 156 valence electrons. The molecule has 0 unspecified atom stereocenters. The number of nitrogens with zero attached hydrogens (tertiary/aromatic N) is 3. The van der Waals surface area contributed by atoms with Gasteiger partial charge in [0.1, 0.15) is 6.54 Å². The second-order valence-corrected chi connectivity index (χ2v) is 7.58. The van der Waals surface area contributed by atoms with Crippen molar-refractivity contribution in [3.63, 3.8) is 0 Å². The number of nitrogens with one attached hydrogen (secondary N) is 2. The molecule has 30 heavy (non-hydrogen) atoms. The molecule has 0 aliphatic carbocycles. The third-order valence-electron chi connectivity index (χ3n) is 4.86. The summed E-state index contributed by atoms with van der Waals surface area (Å²) in [6.07, 6.45) is 0. The highest BCUT2D eigenvalue weighted by Gasteiger charge is 2.20. The standard InChI is InChI=1S/C22H26N6O2/c1-12-6-7-14(3)17(10-12)24-22(30)20-21(23)28(27-26-20)11-18(29)25-19-15(4)8-13(2)9-16(19)5/h6-10H,11,23H2,1-5H3,(H,24,30)(H,25,29). The van der Waals surface area contributed by atoms with Gasteiger partial charge >= 0.3 is 0 Å². The molecule has 2 aromatic carbocycles. The number of carbonyl (C=O) groups excluding carboxylic acids is 2. The van der Waals surface area contributed by atoms with Crippen LogP contribution >= 0.6 is 0 Å². The highest BCUT2D eigenvalue weighted by Crippen LogP contribution is 2.22. The minimum Gasteiger partial charge on any atom is -0.382 e. The number of anilines is 3. The minimum absolute atomic E-state index is 0.0218. The SMILES string of the molecule is Cc1cc(C)c(NC(=O)Cn2nnc(C(=O)Nc3cc(C)ccc3C)c2N)c(C)c1. The summed E-state index contributed by atoms with van der Waals surface area (Å²) in [6, 6.07) is 9.76. The molecular weight excluding hydrogens is 380 g/mol. The number of hydrogen-bond donors (Lipinski definition) is 3. The Morgan fingerprint density at radius 2 is 1.60 bits per heavy atom. The van der Waals surface area contributed by atoms with Gasteiger partial charge < -0.3 is 16.4 Å². The van der Waals surface area contributed by atoms with Gasteiger partial charge in [0.05, 0.1) is 0 Å². The van der Waals surface area contributed by atoms with E-state index in [9.17, 15) is 9.59 Å². The molecule has 4 N–H and O–H groups in total. The van der Waals surface area contributed by atoms with E-state index < -0.39 is 5.91 Å². The number of nitrogens with two attached hydrogens (primary N) is 1. The number of hydrogen-bond acceptors (Lipinski definition) is 5. The van der Waals surface area contributed by atoms with Crippen molar-refractivity contribution in [2.45, 2.75) is 41.2 Å². The zero-order valence-electron chi connectivity index (χ0n) is 17.8. The number of aromatic nitrogens is 3. The van der Waals surface area contributed by atoms with Gasteiger partial charge in [0.25, 0.3) is 5.91 Å². The van der Waals surface area contributed by atoms with Gasteiger partial charge in [-0.2, -0.15) is 0 Å². The molecule has 0 aliphatic rings. The van der Waals surface area contributed by atoms with E-state index in [4.69, 9.17) is 5.73 Å². The zero-order valence-corrected chi connectivity index (χ0v) is 17.8. The third kappa shape index (κ3) is 4.48. The summed E-state index contributed by atoms with van der Waals surface area (Å²) in [7, 11) is 0. The zero-order chi connectivity index (χ0) is 22.0. The van der Waals surface area contributed by atoms with Crippen molar-refractivity contribution in [2.75, 3.05) is 16.4 Å². The summed E-state index contributed by atoms with van der Waals surface area (Å²) in [5.74, 6) is -0.744. The molecule has 8 nitrogen and oxygen atoms in total. The Morgan fingerprint density at radius 1 is 0.933 bits per heavy atom. The first-order valence-electron chi connectivity index (χ1n) is 9.61. The number of benzene rings is 2. The van der Waals surface area contributed by atoms with Crippen molar-refractivity contribution in [3.05, 3.63) is 63.8 Å². The van der Waals surface area contributed by atoms with E-state index in [1.54, 1.807) is 0 Å². The molecule has 1 heterocycles. The lowest BCUT2D eigenvalue weighted by Gasteiger charge is -2.13. The molecule has 8 heteroatoms. The molecule has 0 saturated carbocycles. The van der Waals surface area contributed by atoms with Crippen molar-refractivity contribution >= 4 is 29.0 Å².